The smallest absolute Gasteiger partial charge is 0.151 e. The van der Waals surface area contributed by atoms with Crippen LogP contribution in [-0.2, 0) is 26.4 Å². The Morgan fingerprint density at radius 2 is 1.89 bits per heavy atom. The number of rotatable bonds is 5. The lowest BCUT2D eigenvalue weighted by molar-refractivity contribution is 0.612. The molecule has 1 heterocycles. The van der Waals surface area contributed by atoms with Crippen LogP contribution in [0.25, 0.3) is 0 Å². The molecule has 2 N–H and O–H groups in total. The number of aromatic nitrogens is 3. The quantitative estimate of drug-likeness (QED) is 0.893. The Balaban J connectivity index is 2.21. The fraction of sp³-hybridized carbons (Fsp3) is 0.467. The van der Waals surface area contributed by atoms with Crippen LogP contribution in [0.2, 0.25) is 0 Å². The van der Waals surface area contributed by atoms with Crippen LogP contribution in [0.1, 0.15) is 36.6 Å². The predicted octanol–water partition coefficient (Wildman–Crippen LogP) is 2.06. The third kappa shape index (κ3) is 3.41. The minimum Gasteiger partial charge on any atom is -0.326 e. The number of hydrogen-bond acceptors (Lipinski definition) is 3. The van der Waals surface area contributed by atoms with Gasteiger partial charge in [0.25, 0.3) is 0 Å². The number of nitrogens with zero attached hydrogens (tertiary/aromatic N) is 3. The maximum atomic E-state index is 5.77. The second kappa shape index (κ2) is 5.97. The molecule has 1 aromatic heterocycles. The Labute approximate surface area is 114 Å². The van der Waals surface area contributed by atoms with Crippen molar-refractivity contribution in [1.82, 2.24) is 14.8 Å². The Hall–Kier alpha value is -1.68. The van der Waals surface area contributed by atoms with E-state index in [2.05, 4.69) is 36.1 Å². The molecule has 4 nitrogen and oxygen atoms in total. The summed E-state index contributed by atoms with van der Waals surface area (Å²) in [6.07, 6.45) is 1.71. The molecule has 0 saturated heterocycles. The van der Waals surface area contributed by atoms with E-state index in [0.29, 0.717) is 12.5 Å². The number of nitrogens with two attached hydrogens (primary N) is 1. The molecule has 0 unspecified atom stereocenters. The molecule has 0 aliphatic heterocycles. The highest BCUT2D eigenvalue weighted by Crippen LogP contribution is 2.13. The Bertz CT molecular complexity index is 543. The zero-order valence-corrected chi connectivity index (χ0v) is 11.9. The SMILES string of the molecule is CC(C)Cc1nc(Cc2ccccc2CN)n(C)n1. The normalized spacial score (nSPS) is 11.2. The van der Waals surface area contributed by atoms with Crippen LogP contribution in [0, 0.1) is 5.92 Å². The van der Waals surface area contributed by atoms with E-state index < -0.39 is 0 Å². The summed E-state index contributed by atoms with van der Waals surface area (Å²) in [4.78, 5) is 4.63. The van der Waals surface area contributed by atoms with Gasteiger partial charge in [0.1, 0.15) is 5.82 Å². The van der Waals surface area contributed by atoms with Crippen LogP contribution < -0.4 is 5.73 Å². The Morgan fingerprint density at radius 1 is 1.21 bits per heavy atom. The Kier molecular flexibility index (Phi) is 4.32. The van der Waals surface area contributed by atoms with Crippen LogP contribution >= 0.6 is 0 Å². The summed E-state index contributed by atoms with van der Waals surface area (Å²) < 4.78 is 1.88. The first-order valence-electron chi connectivity index (χ1n) is 6.75. The lowest BCUT2D eigenvalue weighted by Gasteiger charge is -2.06. The molecular formula is C15H22N4. The molecule has 2 aromatic rings. The lowest BCUT2D eigenvalue weighted by atomic mass is 10.0. The maximum Gasteiger partial charge on any atom is 0.151 e. The molecule has 0 radical (unpaired) electrons. The van der Waals surface area contributed by atoms with Crippen molar-refractivity contribution >= 4 is 0 Å². The average Bonchev–Trinajstić information content (AvgIpc) is 2.69. The van der Waals surface area contributed by atoms with Crippen molar-refractivity contribution in [2.24, 2.45) is 18.7 Å². The summed E-state index contributed by atoms with van der Waals surface area (Å²) in [6.45, 7) is 4.92. The third-order valence-electron chi connectivity index (χ3n) is 3.17. The van der Waals surface area contributed by atoms with Gasteiger partial charge in [0.15, 0.2) is 5.82 Å². The van der Waals surface area contributed by atoms with Crippen LogP contribution in [0.5, 0.6) is 0 Å². The van der Waals surface area contributed by atoms with Gasteiger partial charge >= 0.3 is 0 Å². The fourth-order valence-electron chi connectivity index (χ4n) is 2.18. The van der Waals surface area contributed by atoms with Gasteiger partial charge in [0.2, 0.25) is 0 Å². The van der Waals surface area contributed by atoms with E-state index in [1.165, 1.54) is 11.1 Å². The molecular weight excluding hydrogens is 236 g/mol. The van der Waals surface area contributed by atoms with E-state index in [1.54, 1.807) is 0 Å². The Morgan fingerprint density at radius 3 is 2.53 bits per heavy atom. The molecule has 2 rings (SSSR count). The van der Waals surface area contributed by atoms with Crippen molar-refractivity contribution in [2.75, 3.05) is 0 Å². The summed E-state index contributed by atoms with van der Waals surface area (Å²) >= 11 is 0. The van der Waals surface area contributed by atoms with E-state index in [0.717, 1.165) is 24.5 Å². The first-order valence-corrected chi connectivity index (χ1v) is 6.75. The summed E-state index contributed by atoms with van der Waals surface area (Å²) in [7, 11) is 1.96. The molecule has 0 bridgehead atoms. The number of hydrogen-bond donors (Lipinski definition) is 1. The molecule has 0 atom stereocenters. The van der Waals surface area contributed by atoms with Crippen molar-refractivity contribution < 1.29 is 0 Å². The monoisotopic (exact) mass is 258 g/mol. The number of benzene rings is 1. The molecule has 1 aromatic carbocycles. The molecule has 4 heteroatoms. The first-order chi connectivity index (χ1) is 9.10. The van der Waals surface area contributed by atoms with E-state index in [1.807, 2.05) is 23.9 Å². The second-order valence-electron chi connectivity index (χ2n) is 5.32. The standard InChI is InChI=1S/C15H22N4/c1-11(2)8-14-17-15(19(3)18-14)9-12-6-4-5-7-13(12)10-16/h4-7,11H,8-10,16H2,1-3H3. The molecule has 0 aliphatic carbocycles. The van der Waals surface area contributed by atoms with Gasteiger partial charge in [-0.1, -0.05) is 38.1 Å². The summed E-state index contributed by atoms with van der Waals surface area (Å²) in [5.74, 6) is 2.50. The van der Waals surface area contributed by atoms with Crippen molar-refractivity contribution in [1.29, 1.82) is 0 Å². The minimum atomic E-state index is 0.562. The average molecular weight is 258 g/mol. The van der Waals surface area contributed by atoms with E-state index in [-0.39, 0.29) is 0 Å². The highest BCUT2D eigenvalue weighted by Gasteiger charge is 2.10. The highest BCUT2D eigenvalue weighted by molar-refractivity contribution is 5.29. The maximum absolute atomic E-state index is 5.77. The topological polar surface area (TPSA) is 56.7 Å². The highest BCUT2D eigenvalue weighted by atomic mass is 15.3. The lowest BCUT2D eigenvalue weighted by Crippen LogP contribution is -2.05. The van der Waals surface area contributed by atoms with Gasteiger partial charge < -0.3 is 5.73 Å². The molecule has 0 saturated carbocycles. The summed E-state index contributed by atoms with van der Waals surface area (Å²) in [5, 5.41) is 4.48. The van der Waals surface area contributed by atoms with Gasteiger partial charge in [-0.3, -0.25) is 4.68 Å². The fourth-order valence-corrected chi connectivity index (χ4v) is 2.18. The summed E-state index contributed by atoms with van der Waals surface area (Å²) in [6, 6.07) is 8.24. The van der Waals surface area contributed by atoms with Gasteiger partial charge in [-0.2, -0.15) is 5.10 Å². The zero-order chi connectivity index (χ0) is 13.8. The second-order valence-corrected chi connectivity index (χ2v) is 5.32. The minimum absolute atomic E-state index is 0.562. The van der Waals surface area contributed by atoms with Crippen molar-refractivity contribution in [3.63, 3.8) is 0 Å². The van der Waals surface area contributed by atoms with Gasteiger partial charge in [0, 0.05) is 26.4 Å². The van der Waals surface area contributed by atoms with Crippen molar-refractivity contribution in [2.45, 2.75) is 33.2 Å². The molecule has 0 aliphatic rings. The van der Waals surface area contributed by atoms with Crippen LogP contribution in [0.3, 0.4) is 0 Å². The van der Waals surface area contributed by atoms with E-state index in [4.69, 9.17) is 5.73 Å². The predicted molar refractivity (Wildman–Crippen MR) is 76.7 cm³/mol. The zero-order valence-electron chi connectivity index (χ0n) is 11.9. The largest absolute Gasteiger partial charge is 0.326 e. The van der Waals surface area contributed by atoms with E-state index >= 15 is 0 Å². The van der Waals surface area contributed by atoms with Crippen LogP contribution in [0.15, 0.2) is 24.3 Å². The van der Waals surface area contributed by atoms with Crippen molar-refractivity contribution in [3.8, 4) is 0 Å². The van der Waals surface area contributed by atoms with Gasteiger partial charge in [-0.25, -0.2) is 4.98 Å². The van der Waals surface area contributed by atoms with Crippen LogP contribution in [0.4, 0.5) is 0 Å². The van der Waals surface area contributed by atoms with Crippen LogP contribution in [-0.4, -0.2) is 14.8 Å². The molecule has 0 spiro atoms. The summed E-state index contributed by atoms with van der Waals surface area (Å²) in [5.41, 5.74) is 8.18. The molecule has 0 fully saturated rings. The molecule has 0 amide bonds. The van der Waals surface area contributed by atoms with Gasteiger partial charge in [-0.05, 0) is 17.0 Å². The molecule has 19 heavy (non-hydrogen) atoms. The first kappa shape index (κ1) is 13.7. The van der Waals surface area contributed by atoms with Gasteiger partial charge in [-0.15, -0.1) is 0 Å². The van der Waals surface area contributed by atoms with Crippen molar-refractivity contribution in [3.05, 3.63) is 47.0 Å². The van der Waals surface area contributed by atoms with Gasteiger partial charge in [0.05, 0.1) is 0 Å². The third-order valence-corrected chi connectivity index (χ3v) is 3.17. The number of aryl methyl sites for hydroxylation is 1. The molecule has 102 valence electrons. The van der Waals surface area contributed by atoms with E-state index in [9.17, 15) is 0 Å².